The summed E-state index contributed by atoms with van der Waals surface area (Å²) in [4.78, 5) is 27.3. The smallest absolute Gasteiger partial charge is 0.323 e. The Hall–Kier alpha value is -3.86. The van der Waals surface area contributed by atoms with Gasteiger partial charge in [-0.3, -0.25) is 9.59 Å². The lowest BCUT2D eigenvalue weighted by molar-refractivity contribution is -0.137. The molecule has 0 saturated heterocycles. The van der Waals surface area contributed by atoms with Gasteiger partial charge in [0.25, 0.3) is 0 Å². The summed E-state index contributed by atoms with van der Waals surface area (Å²) in [6.07, 6.45) is 2.03. The second kappa shape index (κ2) is 8.94. The van der Waals surface area contributed by atoms with Crippen molar-refractivity contribution in [1.82, 2.24) is 4.57 Å². The molecule has 5 nitrogen and oxygen atoms in total. The number of nitrogens with zero attached hydrogens (tertiary/aromatic N) is 2. The Morgan fingerprint density at radius 2 is 1.58 bits per heavy atom. The van der Waals surface area contributed by atoms with E-state index in [4.69, 9.17) is 0 Å². The van der Waals surface area contributed by atoms with Gasteiger partial charge in [-0.15, -0.1) is 0 Å². The SMILES string of the molecule is O=C(O)Cn1c2c(c3ccccc31)CC(C(=O)N(Cc1ccccc1)c1ccccc1)CC2. The maximum Gasteiger partial charge on any atom is 0.323 e. The molecule has 0 radical (unpaired) electrons. The van der Waals surface area contributed by atoms with Crippen LogP contribution in [-0.4, -0.2) is 21.6 Å². The molecule has 4 aromatic rings. The fourth-order valence-electron chi connectivity index (χ4n) is 5.02. The molecule has 1 heterocycles. The number of para-hydroxylation sites is 2. The number of benzene rings is 3. The lowest BCUT2D eigenvalue weighted by Gasteiger charge is -2.30. The Bertz CT molecular complexity index is 1290. The summed E-state index contributed by atoms with van der Waals surface area (Å²) in [5, 5.41) is 10.5. The molecule has 1 unspecified atom stereocenters. The average Bonchev–Trinajstić information content (AvgIpc) is 3.16. The normalized spacial score (nSPS) is 15.2. The summed E-state index contributed by atoms with van der Waals surface area (Å²) < 4.78 is 1.91. The number of hydrogen-bond acceptors (Lipinski definition) is 2. The van der Waals surface area contributed by atoms with Gasteiger partial charge < -0.3 is 14.6 Å². The molecule has 33 heavy (non-hydrogen) atoms. The first kappa shape index (κ1) is 21.0. The van der Waals surface area contributed by atoms with Gasteiger partial charge in [-0.2, -0.15) is 0 Å². The monoisotopic (exact) mass is 438 g/mol. The third-order valence-corrected chi connectivity index (χ3v) is 6.53. The molecule has 1 N–H and O–H groups in total. The predicted octanol–water partition coefficient (Wildman–Crippen LogP) is 5.06. The van der Waals surface area contributed by atoms with Crippen LogP contribution in [0.4, 0.5) is 5.69 Å². The molecule has 5 rings (SSSR count). The Morgan fingerprint density at radius 3 is 2.30 bits per heavy atom. The van der Waals surface area contributed by atoms with Gasteiger partial charge in [-0.1, -0.05) is 66.7 Å². The van der Waals surface area contributed by atoms with Crippen LogP contribution >= 0.6 is 0 Å². The Kier molecular flexibility index (Phi) is 5.69. The average molecular weight is 439 g/mol. The second-order valence-electron chi connectivity index (χ2n) is 8.61. The molecule has 0 bridgehead atoms. The maximum absolute atomic E-state index is 13.9. The summed E-state index contributed by atoms with van der Waals surface area (Å²) in [5.74, 6) is -0.883. The fraction of sp³-hybridized carbons (Fsp3) is 0.214. The van der Waals surface area contributed by atoms with Crippen molar-refractivity contribution < 1.29 is 14.7 Å². The summed E-state index contributed by atoms with van der Waals surface area (Å²) in [5.41, 5.74) is 5.08. The van der Waals surface area contributed by atoms with Crippen molar-refractivity contribution in [2.45, 2.75) is 32.4 Å². The Balaban J connectivity index is 1.49. The number of carboxylic acids is 1. The van der Waals surface area contributed by atoms with Crippen molar-refractivity contribution in [3.8, 4) is 0 Å². The number of aliphatic carboxylic acids is 1. The van der Waals surface area contributed by atoms with Gasteiger partial charge >= 0.3 is 5.97 Å². The van der Waals surface area contributed by atoms with Crippen molar-refractivity contribution >= 4 is 28.5 Å². The first-order valence-electron chi connectivity index (χ1n) is 11.3. The molecule has 1 atom stereocenters. The number of amides is 1. The molecule has 0 aliphatic heterocycles. The lowest BCUT2D eigenvalue weighted by atomic mass is 9.85. The highest BCUT2D eigenvalue weighted by molar-refractivity contribution is 5.96. The second-order valence-corrected chi connectivity index (χ2v) is 8.61. The molecular weight excluding hydrogens is 412 g/mol. The molecule has 1 amide bonds. The van der Waals surface area contributed by atoms with Gasteiger partial charge in [0.05, 0.1) is 6.54 Å². The Morgan fingerprint density at radius 1 is 0.909 bits per heavy atom. The summed E-state index contributed by atoms with van der Waals surface area (Å²) in [7, 11) is 0. The van der Waals surface area contributed by atoms with Crippen molar-refractivity contribution in [3.05, 3.63) is 102 Å². The number of carbonyl (C=O) groups is 2. The standard InChI is InChI=1S/C28H26N2O3/c31-27(32)19-30-25-14-8-7-13-23(25)24-17-21(15-16-26(24)30)28(33)29(22-11-5-2-6-12-22)18-20-9-3-1-4-10-20/h1-14,21H,15-19H2,(H,31,32). The van der Waals surface area contributed by atoms with E-state index in [1.54, 1.807) is 0 Å². The summed E-state index contributed by atoms with van der Waals surface area (Å²) in [6.45, 7) is 0.465. The van der Waals surface area contributed by atoms with E-state index >= 15 is 0 Å². The van der Waals surface area contributed by atoms with Crippen LogP contribution in [0, 0.1) is 5.92 Å². The number of carbonyl (C=O) groups excluding carboxylic acids is 1. The third-order valence-electron chi connectivity index (χ3n) is 6.53. The number of anilines is 1. The van der Waals surface area contributed by atoms with E-state index in [1.165, 1.54) is 0 Å². The number of hydrogen-bond donors (Lipinski definition) is 1. The summed E-state index contributed by atoms with van der Waals surface area (Å²) >= 11 is 0. The number of rotatable bonds is 6. The van der Waals surface area contributed by atoms with Gasteiger partial charge in [0.2, 0.25) is 5.91 Å². The molecule has 1 aliphatic rings. The topological polar surface area (TPSA) is 62.5 Å². The number of aromatic nitrogens is 1. The largest absolute Gasteiger partial charge is 0.480 e. The van der Waals surface area contributed by atoms with E-state index in [1.807, 2.05) is 94.4 Å². The van der Waals surface area contributed by atoms with E-state index in [0.29, 0.717) is 25.8 Å². The van der Waals surface area contributed by atoms with Crippen LogP contribution in [0.5, 0.6) is 0 Å². The van der Waals surface area contributed by atoms with E-state index in [9.17, 15) is 14.7 Å². The van der Waals surface area contributed by atoms with Crippen molar-refractivity contribution in [2.75, 3.05) is 4.90 Å². The van der Waals surface area contributed by atoms with Gasteiger partial charge in [0, 0.05) is 28.2 Å². The first-order valence-corrected chi connectivity index (χ1v) is 11.3. The first-order chi connectivity index (χ1) is 16.1. The van der Waals surface area contributed by atoms with Crippen LogP contribution in [0.25, 0.3) is 10.9 Å². The molecule has 1 aliphatic carbocycles. The van der Waals surface area contributed by atoms with Crippen LogP contribution < -0.4 is 4.90 Å². The lowest BCUT2D eigenvalue weighted by Crippen LogP contribution is -2.38. The minimum absolute atomic E-state index is 0.0569. The van der Waals surface area contributed by atoms with Crippen LogP contribution in [0.2, 0.25) is 0 Å². The van der Waals surface area contributed by atoms with E-state index < -0.39 is 5.97 Å². The highest BCUT2D eigenvalue weighted by Gasteiger charge is 2.32. The zero-order valence-corrected chi connectivity index (χ0v) is 18.4. The highest BCUT2D eigenvalue weighted by Crippen LogP contribution is 2.36. The Labute approximate surface area is 192 Å². The van der Waals surface area contributed by atoms with E-state index in [0.717, 1.165) is 33.4 Å². The van der Waals surface area contributed by atoms with Crippen molar-refractivity contribution in [3.63, 3.8) is 0 Å². The van der Waals surface area contributed by atoms with E-state index in [2.05, 4.69) is 0 Å². The molecule has 5 heteroatoms. The quantitative estimate of drug-likeness (QED) is 0.457. The van der Waals surface area contributed by atoms with Gasteiger partial charge in [0.15, 0.2) is 0 Å². The predicted molar refractivity (Wildman–Crippen MR) is 129 cm³/mol. The van der Waals surface area contributed by atoms with Gasteiger partial charge in [-0.25, -0.2) is 0 Å². The minimum atomic E-state index is -0.852. The van der Waals surface area contributed by atoms with Crippen LogP contribution in [-0.2, 0) is 35.5 Å². The van der Waals surface area contributed by atoms with Crippen LogP contribution in [0.1, 0.15) is 23.2 Å². The molecule has 1 aromatic heterocycles. The summed E-state index contributed by atoms with van der Waals surface area (Å²) in [6, 6.07) is 27.8. The van der Waals surface area contributed by atoms with Crippen molar-refractivity contribution in [2.24, 2.45) is 5.92 Å². The molecular formula is C28H26N2O3. The zero-order chi connectivity index (χ0) is 22.8. The van der Waals surface area contributed by atoms with Crippen LogP contribution in [0.15, 0.2) is 84.9 Å². The highest BCUT2D eigenvalue weighted by atomic mass is 16.4. The molecule has 3 aromatic carbocycles. The number of carboxylic acid groups (broad SMARTS) is 1. The third kappa shape index (κ3) is 4.14. The molecule has 0 spiro atoms. The number of fused-ring (bicyclic) bond motifs is 3. The fourth-order valence-corrected chi connectivity index (χ4v) is 5.02. The van der Waals surface area contributed by atoms with Crippen molar-refractivity contribution in [1.29, 1.82) is 0 Å². The molecule has 0 saturated carbocycles. The maximum atomic E-state index is 13.9. The van der Waals surface area contributed by atoms with Gasteiger partial charge in [0.1, 0.15) is 6.54 Å². The molecule has 0 fully saturated rings. The minimum Gasteiger partial charge on any atom is -0.480 e. The van der Waals surface area contributed by atoms with E-state index in [-0.39, 0.29) is 18.4 Å². The van der Waals surface area contributed by atoms with Crippen LogP contribution in [0.3, 0.4) is 0 Å². The zero-order valence-electron chi connectivity index (χ0n) is 18.4. The van der Waals surface area contributed by atoms with Gasteiger partial charge in [-0.05, 0) is 48.6 Å². The molecule has 166 valence electrons.